The minimum Gasteiger partial charge on any atom is -0.355 e. The maximum atomic E-state index is 12.4. The number of hydrogen-bond donors (Lipinski definition) is 1. The number of carbonyl (C=O) groups excluding carboxylic acids is 1. The van der Waals surface area contributed by atoms with Crippen LogP contribution in [0.25, 0.3) is 10.7 Å². The molecule has 0 spiro atoms. The molecule has 0 radical (unpaired) electrons. The Morgan fingerprint density at radius 2 is 2.31 bits per heavy atom. The third-order valence-electron chi connectivity index (χ3n) is 4.56. The van der Waals surface area contributed by atoms with Crippen molar-refractivity contribution in [2.45, 2.75) is 62.9 Å². The van der Waals surface area contributed by atoms with Gasteiger partial charge in [-0.2, -0.15) is 0 Å². The summed E-state index contributed by atoms with van der Waals surface area (Å²) in [5.74, 6) is 0.941. The quantitative estimate of drug-likeness (QED) is 0.532. The second-order valence-corrected chi connectivity index (χ2v) is 8.69. The number of nitrogens with zero attached hydrogens (tertiary/aromatic N) is 3. The van der Waals surface area contributed by atoms with Crippen LogP contribution in [0, 0.1) is 0 Å². The average molecular weight is 391 g/mol. The molecule has 0 unspecified atom stereocenters. The van der Waals surface area contributed by atoms with Crippen LogP contribution in [0.2, 0.25) is 0 Å². The van der Waals surface area contributed by atoms with Crippen LogP contribution in [-0.4, -0.2) is 32.5 Å². The molecule has 26 heavy (non-hydrogen) atoms. The van der Waals surface area contributed by atoms with Crippen LogP contribution in [0.1, 0.15) is 46.0 Å². The van der Waals surface area contributed by atoms with Crippen LogP contribution in [0.3, 0.4) is 0 Å². The van der Waals surface area contributed by atoms with Gasteiger partial charge >= 0.3 is 0 Å². The maximum Gasteiger partial charge on any atom is 0.233 e. The molecule has 3 rings (SSSR count). The van der Waals surface area contributed by atoms with E-state index in [0.717, 1.165) is 35.4 Å². The number of amides is 1. The molecule has 1 aliphatic carbocycles. The van der Waals surface area contributed by atoms with Crippen molar-refractivity contribution in [3.63, 3.8) is 0 Å². The van der Waals surface area contributed by atoms with Gasteiger partial charge in [-0.25, -0.2) is 0 Å². The van der Waals surface area contributed by atoms with Crippen molar-refractivity contribution in [3.8, 4) is 10.7 Å². The summed E-state index contributed by atoms with van der Waals surface area (Å²) in [4.78, 5) is 13.5. The van der Waals surface area contributed by atoms with Crippen molar-refractivity contribution in [1.82, 2.24) is 20.1 Å². The van der Waals surface area contributed by atoms with Gasteiger partial charge in [-0.3, -0.25) is 4.79 Å². The molecule has 2 aromatic rings. The third-order valence-corrected chi connectivity index (χ3v) is 6.50. The number of rotatable bonds is 8. The van der Waals surface area contributed by atoms with E-state index in [-0.39, 0.29) is 11.2 Å². The lowest BCUT2D eigenvalue weighted by atomic mass is 9.97. The predicted molar refractivity (Wildman–Crippen MR) is 109 cm³/mol. The third kappa shape index (κ3) is 4.76. The summed E-state index contributed by atoms with van der Waals surface area (Å²) in [5, 5.41) is 14.3. The Balaban J connectivity index is 1.54. The lowest BCUT2D eigenvalue weighted by Gasteiger charge is -2.15. The Kier molecular flexibility index (Phi) is 6.91. The first-order chi connectivity index (χ1) is 12.7. The molecular weight excluding hydrogens is 364 g/mol. The van der Waals surface area contributed by atoms with E-state index >= 15 is 0 Å². The molecule has 0 fully saturated rings. The average Bonchev–Trinajstić information content (AvgIpc) is 3.31. The minimum absolute atomic E-state index is 0.0646. The molecular formula is C19H26N4OS2. The van der Waals surface area contributed by atoms with E-state index in [1.54, 1.807) is 11.3 Å². The molecule has 1 aliphatic rings. The fourth-order valence-electron chi connectivity index (χ4n) is 3.08. The summed E-state index contributed by atoms with van der Waals surface area (Å²) in [6, 6.07) is 4.06. The van der Waals surface area contributed by atoms with Crippen LogP contribution in [0.4, 0.5) is 0 Å². The van der Waals surface area contributed by atoms with Gasteiger partial charge in [0.1, 0.15) is 0 Å². The van der Waals surface area contributed by atoms with Crippen LogP contribution in [0.15, 0.2) is 34.3 Å². The molecule has 0 saturated heterocycles. The van der Waals surface area contributed by atoms with E-state index < -0.39 is 0 Å². The highest BCUT2D eigenvalue weighted by atomic mass is 32.2. The summed E-state index contributed by atoms with van der Waals surface area (Å²) >= 11 is 3.13. The zero-order chi connectivity index (χ0) is 18.4. The number of aromatic nitrogens is 3. The zero-order valence-electron chi connectivity index (χ0n) is 15.4. The standard InChI is InChI=1S/C19H26N4OS2/c1-3-23-17(16-10-7-13-25-16)21-22-19(23)26-14(2)18(24)20-12-11-15-8-5-4-6-9-15/h7-8,10,13-14H,3-6,9,11-12H2,1-2H3,(H,20,24)/t14-/m1/s1. The molecule has 1 N–H and O–H groups in total. The summed E-state index contributed by atoms with van der Waals surface area (Å²) in [7, 11) is 0. The van der Waals surface area contributed by atoms with Gasteiger partial charge in [-0.1, -0.05) is 29.5 Å². The zero-order valence-corrected chi connectivity index (χ0v) is 17.0. The van der Waals surface area contributed by atoms with Gasteiger partial charge in [0.05, 0.1) is 10.1 Å². The van der Waals surface area contributed by atoms with E-state index in [4.69, 9.17) is 0 Å². The number of nitrogens with one attached hydrogen (secondary N) is 1. The molecule has 1 amide bonds. The molecule has 2 heterocycles. The van der Waals surface area contributed by atoms with Crippen LogP contribution >= 0.6 is 23.1 Å². The van der Waals surface area contributed by atoms with Gasteiger partial charge in [0, 0.05) is 13.1 Å². The Labute approximate surface area is 163 Å². The Morgan fingerprint density at radius 1 is 1.42 bits per heavy atom. The Hall–Kier alpha value is -1.60. The Bertz CT molecular complexity index is 752. The number of carbonyl (C=O) groups is 1. The van der Waals surface area contributed by atoms with Gasteiger partial charge in [-0.05, 0) is 57.4 Å². The molecule has 1 atom stereocenters. The van der Waals surface area contributed by atoms with Crippen LogP contribution < -0.4 is 5.32 Å². The lowest BCUT2D eigenvalue weighted by molar-refractivity contribution is -0.120. The topological polar surface area (TPSA) is 59.8 Å². The molecule has 2 aromatic heterocycles. The molecule has 140 valence electrons. The summed E-state index contributed by atoms with van der Waals surface area (Å²) in [5.41, 5.74) is 1.49. The molecule has 7 heteroatoms. The first-order valence-electron chi connectivity index (χ1n) is 9.28. The fraction of sp³-hybridized carbons (Fsp3) is 0.526. The van der Waals surface area contributed by atoms with E-state index in [9.17, 15) is 4.79 Å². The highest BCUT2D eigenvalue weighted by Crippen LogP contribution is 2.29. The van der Waals surface area contributed by atoms with Crippen molar-refractivity contribution >= 4 is 29.0 Å². The highest BCUT2D eigenvalue weighted by Gasteiger charge is 2.20. The van der Waals surface area contributed by atoms with Gasteiger partial charge in [0.15, 0.2) is 11.0 Å². The minimum atomic E-state index is -0.193. The van der Waals surface area contributed by atoms with E-state index in [0.29, 0.717) is 0 Å². The first-order valence-corrected chi connectivity index (χ1v) is 11.0. The van der Waals surface area contributed by atoms with Gasteiger partial charge in [-0.15, -0.1) is 21.5 Å². The van der Waals surface area contributed by atoms with Gasteiger partial charge in [0.2, 0.25) is 5.91 Å². The second-order valence-electron chi connectivity index (χ2n) is 6.44. The van der Waals surface area contributed by atoms with Crippen molar-refractivity contribution in [1.29, 1.82) is 0 Å². The molecule has 0 aromatic carbocycles. The number of thioether (sulfide) groups is 1. The SMILES string of the molecule is CCn1c(S[C@H](C)C(=O)NCCC2=CCCCC2)nnc1-c1cccs1. The maximum absolute atomic E-state index is 12.4. The largest absolute Gasteiger partial charge is 0.355 e. The van der Waals surface area contributed by atoms with E-state index in [1.807, 2.05) is 24.4 Å². The van der Waals surface area contributed by atoms with Crippen molar-refractivity contribution < 1.29 is 4.79 Å². The predicted octanol–water partition coefficient (Wildman–Crippen LogP) is 4.51. The lowest BCUT2D eigenvalue weighted by Crippen LogP contribution is -2.32. The smallest absolute Gasteiger partial charge is 0.233 e. The molecule has 0 saturated carbocycles. The van der Waals surface area contributed by atoms with E-state index in [2.05, 4.69) is 33.1 Å². The molecule has 5 nitrogen and oxygen atoms in total. The number of hydrogen-bond acceptors (Lipinski definition) is 5. The molecule has 0 aliphatic heterocycles. The normalized spacial score (nSPS) is 15.5. The Morgan fingerprint density at radius 3 is 3.00 bits per heavy atom. The van der Waals surface area contributed by atoms with Crippen LogP contribution in [-0.2, 0) is 11.3 Å². The van der Waals surface area contributed by atoms with Gasteiger partial charge in [0.25, 0.3) is 0 Å². The van der Waals surface area contributed by atoms with Crippen molar-refractivity contribution in [2.24, 2.45) is 0 Å². The second kappa shape index (κ2) is 9.37. The van der Waals surface area contributed by atoms with E-state index in [1.165, 1.54) is 43.0 Å². The van der Waals surface area contributed by atoms with Crippen molar-refractivity contribution in [3.05, 3.63) is 29.2 Å². The summed E-state index contributed by atoms with van der Waals surface area (Å²) in [6.45, 7) is 5.51. The monoisotopic (exact) mass is 390 g/mol. The first kappa shape index (κ1) is 19.2. The number of thiophene rings is 1. The highest BCUT2D eigenvalue weighted by molar-refractivity contribution is 8.00. The summed E-state index contributed by atoms with van der Waals surface area (Å²) in [6.07, 6.45) is 8.26. The summed E-state index contributed by atoms with van der Waals surface area (Å²) < 4.78 is 2.08. The molecule has 0 bridgehead atoms. The van der Waals surface area contributed by atoms with Crippen LogP contribution in [0.5, 0.6) is 0 Å². The van der Waals surface area contributed by atoms with Gasteiger partial charge < -0.3 is 9.88 Å². The fourth-order valence-corrected chi connectivity index (χ4v) is 4.74. The number of allylic oxidation sites excluding steroid dienone is 1. The van der Waals surface area contributed by atoms with Crippen molar-refractivity contribution in [2.75, 3.05) is 6.54 Å².